The molecule has 25 heavy (non-hydrogen) atoms. The summed E-state index contributed by atoms with van der Waals surface area (Å²) in [6, 6.07) is 7.23. The van der Waals surface area contributed by atoms with Crippen LogP contribution in [0.25, 0.3) is 0 Å². The summed E-state index contributed by atoms with van der Waals surface area (Å²) in [5.41, 5.74) is 2.07. The third kappa shape index (κ3) is 4.32. The van der Waals surface area contributed by atoms with E-state index in [9.17, 15) is 4.39 Å². The third-order valence-electron chi connectivity index (χ3n) is 4.47. The number of ether oxygens (including phenoxy) is 1. The minimum absolute atomic E-state index is 0.207. The molecular formula is C19H25FN4O. The third-order valence-corrected chi connectivity index (χ3v) is 4.47. The standard InChI is InChI=1S/C19H25FN4O/c1-23(2)13-15-8-9-21-19(22-15)17-5-4-10-24(17)12-14-6-7-16(20)18(11-14)25-3/h6-9,11,17H,4-5,10,12-13H2,1-3H3/t17-/m1/s1. The van der Waals surface area contributed by atoms with E-state index in [-0.39, 0.29) is 17.6 Å². The second-order valence-electron chi connectivity index (χ2n) is 6.74. The number of hydrogen-bond acceptors (Lipinski definition) is 5. The van der Waals surface area contributed by atoms with E-state index in [0.29, 0.717) is 0 Å². The van der Waals surface area contributed by atoms with Crippen molar-refractivity contribution in [3.8, 4) is 5.75 Å². The molecular weight excluding hydrogens is 319 g/mol. The van der Waals surface area contributed by atoms with E-state index in [0.717, 1.165) is 49.6 Å². The van der Waals surface area contributed by atoms with Gasteiger partial charge in [0.05, 0.1) is 18.8 Å². The molecule has 5 nitrogen and oxygen atoms in total. The van der Waals surface area contributed by atoms with Crippen LogP contribution in [0.3, 0.4) is 0 Å². The minimum atomic E-state index is -0.330. The highest BCUT2D eigenvalue weighted by Gasteiger charge is 2.28. The van der Waals surface area contributed by atoms with Gasteiger partial charge in [0.2, 0.25) is 0 Å². The van der Waals surface area contributed by atoms with E-state index >= 15 is 0 Å². The fraction of sp³-hybridized carbons (Fsp3) is 0.474. The van der Waals surface area contributed by atoms with Gasteiger partial charge in [0, 0.05) is 19.3 Å². The quantitative estimate of drug-likeness (QED) is 0.806. The van der Waals surface area contributed by atoms with Crippen LogP contribution in [0.4, 0.5) is 4.39 Å². The summed E-state index contributed by atoms with van der Waals surface area (Å²) in [6.07, 6.45) is 4.01. The Morgan fingerprint density at radius 3 is 2.92 bits per heavy atom. The number of halogens is 1. The first-order valence-corrected chi connectivity index (χ1v) is 8.60. The smallest absolute Gasteiger partial charge is 0.165 e. The largest absolute Gasteiger partial charge is 0.494 e. The van der Waals surface area contributed by atoms with Crippen LogP contribution in [0.15, 0.2) is 30.5 Å². The average molecular weight is 344 g/mol. The molecule has 0 N–H and O–H groups in total. The van der Waals surface area contributed by atoms with Gasteiger partial charge < -0.3 is 9.64 Å². The Labute approximate surface area is 148 Å². The van der Waals surface area contributed by atoms with Crippen LogP contribution in [0.2, 0.25) is 0 Å². The van der Waals surface area contributed by atoms with Gasteiger partial charge in [-0.05, 0) is 57.2 Å². The van der Waals surface area contributed by atoms with E-state index in [1.165, 1.54) is 13.2 Å². The van der Waals surface area contributed by atoms with E-state index in [1.807, 2.05) is 32.4 Å². The lowest BCUT2D eigenvalue weighted by atomic mass is 10.1. The van der Waals surface area contributed by atoms with Crippen molar-refractivity contribution in [2.45, 2.75) is 32.0 Å². The van der Waals surface area contributed by atoms with Crippen LogP contribution in [0, 0.1) is 5.82 Å². The molecule has 2 aromatic rings. The van der Waals surface area contributed by atoms with Gasteiger partial charge in [-0.3, -0.25) is 4.90 Å². The molecule has 1 atom stereocenters. The van der Waals surface area contributed by atoms with Crippen LogP contribution < -0.4 is 4.74 Å². The van der Waals surface area contributed by atoms with E-state index in [1.54, 1.807) is 6.07 Å². The fourth-order valence-corrected chi connectivity index (χ4v) is 3.33. The molecule has 0 aliphatic carbocycles. The number of nitrogens with zero attached hydrogens (tertiary/aromatic N) is 4. The Hall–Kier alpha value is -2.05. The van der Waals surface area contributed by atoms with Gasteiger partial charge in [0.15, 0.2) is 11.6 Å². The van der Waals surface area contributed by atoms with E-state index in [2.05, 4.69) is 14.8 Å². The number of methoxy groups -OCH3 is 1. The molecule has 0 unspecified atom stereocenters. The maximum absolute atomic E-state index is 13.6. The van der Waals surface area contributed by atoms with Crippen molar-refractivity contribution in [3.05, 3.63) is 53.4 Å². The van der Waals surface area contributed by atoms with Crippen molar-refractivity contribution in [3.63, 3.8) is 0 Å². The maximum atomic E-state index is 13.6. The van der Waals surface area contributed by atoms with Crippen molar-refractivity contribution in [2.24, 2.45) is 0 Å². The Bertz CT molecular complexity index is 722. The SMILES string of the molecule is COc1cc(CN2CCC[C@@H]2c2nccc(CN(C)C)n2)ccc1F. The van der Waals surface area contributed by atoms with Crippen LogP contribution >= 0.6 is 0 Å². The summed E-state index contributed by atoms with van der Waals surface area (Å²) in [6.45, 7) is 2.53. The summed E-state index contributed by atoms with van der Waals surface area (Å²) < 4.78 is 18.7. The van der Waals surface area contributed by atoms with Crippen LogP contribution in [0.1, 0.15) is 36.0 Å². The molecule has 1 fully saturated rings. The van der Waals surface area contributed by atoms with Gasteiger partial charge in [0.25, 0.3) is 0 Å². The lowest BCUT2D eigenvalue weighted by molar-refractivity contribution is 0.238. The first-order valence-electron chi connectivity index (χ1n) is 8.60. The topological polar surface area (TPSA) is 41.5 Å². The van der Waals surface area contributed by atoms with Gasteiger partial charge in [-0.15, -0.1) is 0 Å². The Morgan fingerprint density at radius 1 is 1.32 bits per heavy atom. The number of aromatic nitrogens is 2. The van der Waals surface area contributed by atoms with Crippen molar-refractivity contribution in [1.29, 1.82) is 0 Å². The monoisotopic (exact) mass is 344 g/mol. The molecule has 0 spiro atoms. The van der Waals surface area contributed by atoms with Gasteiger partial charge >= 0.3 is 0 Å². The Morgan fingerprint density at radius 2 is 2.16 bits per heavy atom. The number of benzene rings is 1. The second kappa shape index (κ2) is 7.89. The van der Waals surface area contributed by atoms with E-state index < -0.39 is 0 Å². The zero-order chi connectivity index (χ0) is 17.8. The highest BCUT2D eigenvalue weighted by atomic mass is 19.1. The zero-order valence-corrected chi connectivity index (χ0v) is 15.1. The summed E-state index contributed by atoms with van der Waals surface area (Å²) in [4.78, 5) is 13.7. The fourth-order valence-electron chi connectivity index (χ4n) is 3.33. The van der Waals surface area contributed by atoms with Crippen molar-refractivity contribution < 1.29 is 9.13 Å². The van der Waals surface area contributed by atoms with Crippen molar-refractivity contribution in [1.82, 2.24) is 19.8 Å². The first kappa shape index (κ1) is 17.8. The molecule has 1 aromatic heterocycles. The summed E-state index contributed by atoms with van der Waals surface area (Å²) in [7, 11) is 5.56. The Kier molecular flexibility index (Phi) is 5.60. The van der Waals surface area contributed by atoms with Gasteiger partial charge in [0.1, 0.15) is 5.82 Å². The van der Waals surface area contributed by atoms with Gasteiger partial charge in [-0.1, -0.05) is 6.07 Å². The second-order valence-corrected chi connectivity index (χ2v) is 6.74. The molecule has 0 amide bonds. The van der Waals surface area contributed by atoms with Gasteiger partial charge in [-0.25, -0.2) is 14.4 Å². The zero-order valence-electron chi connectivity index (χ0n) is 15.1. The van der Waals surface area contributed by atoms with Crippen molar-refractivity contribution >= 4 is 0 Å². The maximum Gasteiger partial charge on any atom is 0.165 e. The first-order chi connectivity index (χ1) is 12.1. The lowest BCUT2D eigenvalue weighted by Gasteiger charge is -2.24. The van der Waals surface area contributed by atoms with Crippen LogP contribution in [0.5, 0.6) is 5.75 Å². The molecule has 0 bridgehead atoms. The van der Waals surface area contributed by atoms with Gasteiger partial charge in [-0.2, -0.15) is 0 Å². The number of likely N-dealkylation sites (tertiary alicyclic amines) is 1. The summed E-state index contributed by atoms with van der Waals surface area (Å²) in [5.74, 6) is 0.840. The molecule has 1 saturated heterocycles. The molecule has 2 heterocycles. The predicted molar refractivity (Wildman–Crippen MR) is 94.8 cm³/mol. The van der Waals surface area contributed by atoms with E-state index in [4.69, 9.17) is 9.72 Å². The molecule has 3 rings (SSSR count). The molecule has 1 aromatic carbocycles. The normalized spacial score (nSPS) is 18.0. The number of rotatable bonds is 6. The summed E-state index contributed by atoms with van der Waals surface area (Å²) >= 11 is 0. The molecule has 1 aliphatic heterocycles. The highest BCUT2D eigenvalue weighted by molar-refractivity contribution is 5.30. The Balaban J connectivity index is 1.76. The average Bonchev–Trinajstić information content (AvgIpc) is 3.04. The summed E-state index contributed by atoms with van der Waals surface area (Å²) in [5, 5.41) is 0. The molecule has 0 saturated carbocycles. The molecule has 6 heteroatoms. The van der Waals surface area contributed by atoms with Crippen LogP contribution in [-0.2, 0) is 13.1 Å². The molecule has 0 radical (unpaired) electrons. The highest BCUT2D eigenvalue weighted by Crippen LogP contribution is 2.32. The minimum Gasteiger partial charge on any atom is -0.494 e. The molecule has 1 aliphatic rings. The van der Waals surface area contributed by atoms with Crippen molar-refractivity contribution in [2.75, 3.05) is 27.7 Å². The predicted octanol–water partition coefficient (Wildman–Crippen LogP) is 3.02. The number of hydrogen-bond donors (Lipinski definition) is 0. The van der Waals surface area contributed by atoms with Crippen LogP contribution in [-0.4, -0.2) is 47.5 Å². The lowest BCUT2D eigenvalue weighted by Crippen LogP contribution is -2.25. The molecule has 134 valence electrons.